The van der Waals surface area contributed by atoms with Gasteiger partial charge in [-0.2, -0.15) is 0 Å². The lowest BCUT2D eigenvalue weighted by atomic mass is 9.90. The van der Waals surface area contributed by atoms with Gasteiger partial charge in [-0.15, -0.1) is 0 Å². The number of sulfone groups is 1. The fraction of sp³-hybridized carbons (Fsp3) is 1.00. The molecule has 0 aromatic heterocycles. The van der Waals surface area contributed by atoms with Crippen molar-refractivity contribution in [2.75, 3.05) is 24.6 Å². The standard InChI is InChI=1S/C14H28N2O2S/c1-4-7-15-13-5-8-16(12(2)10-13)14(3)6-9-19(17,18)11-14/h12-13,15H,4-11H2,1-3H3. The molecule has 0 aromatic rings. The molecule has 0 radical (unpaired) electrons. The molecule has 2 aliphatic heterocycles. The molecule has 3 atom stereocenters. The summed E-state index contributed by atoms with van der Waals surface area (Å²) in [6.07, 6.45) is 4.24. The third kappa shape index (κ3) is 3.50. The van der Waals surface area contributed by atoms with Crippen LogP contribution in [0.2, 0.25) is 0 Å². The molecule has 19 heavy (non-hydrogen) atoms. The number of nitrogens with one attached hydrogen (secondary N) is 1. The number of piperidine rings is 1. The van der Waals surface area contributed by atoms with Crippen LogP contribution in [0.15, 0.2) is 0 Å². The lowest BCUT2D eigenvalue weighted by Gasteiger charge is -2.47. The Labute approximate surface area is 117 Å². The van der Waals surface area contributed by atoms with Crippen molar-refractivity contribution in [2.24, 2.45) is 0 Å². The smallest absolute Gasteiger partial charge is 0.152 e. The second-order valence-corrected chi connectivity index (χ2v) is 8.74. The summed E-state index contributed by atoms with van der Waals surface area (Å²) in [5.74, 6) is 0.710. The molecule has 112 valence electrons. The van der Waals surface area contributed by atoms with Gasteiger partial charge in [0.1, 0.15) is 0 Å². The first-order valence-corrected chi connectivity index (χ1v) is 9.39. The van der Waals surface area contributed by atoms with Gasteiger partial charge >= 0.3 is 0 Å². The van der Waals surface area contributed by atoms with Crippen LogP contribution >= 0.6 is 0 Å². The minimum atomic E-state index is -2.81. The summed E-state index contributed by atoms with van der Waals surface area (Å²) in [4.78, 5) is 2.45. The number of hydrogen-bond donors (Lipinski definition) is 1. The molecule has 2 aliphatic rings. The molecule has 0 spiro atoms. The van der Waals surface area contributed by atoms with Gasteiger partial charge in [0.2, 0.25) is 0 Å². The van der Waals surface area contributed by atoms with Gasteiger partial charge in [0.15, 0.2) is 9.84 Å². The van der Waals surface area contributed by atoms with E-state index in [-0.39, 0.29) is 5.54 Å². The predicted octanol–water partition coefficient (Wildman–Crippen LogP) is 1.42. The highest BCUT2D eigenvalue weighted by Gasteiger charge is 2.45. The minimum Gasteiger partial charge on any atom is -0.314 e. The number of rotatable bonds is 4. The summed E-state index contributed by atoms with van der Waals surface area (Å²) in [6.45, 7) is 8.68. The van der Waals surface area contributed by atoms with Crippen LogP contribution in [-0.4, -0.2) is 55.5 Å². The van der Waals surface area contributed by atoms with Crippen molar-refractivity contribution in [3.63, 3.8) is 0 Å². The van der Waals surface area contributed by atoms with Crippen molar-refractivity contribution < 1.29 is 8.42 Å². The number of nitrogens with zero attached hydrogens (tertiary/aromatic N) is 1. The van der Waals surface area contributed by atoms with Crippen LogP contribution in [0.1, 0.15) is 46.5 Å². The van der Waals surface area contributed by atoms with Crippen LogP contribution < -0.4 is 5.32 Å². The maximum Gasteiger partial charge on any atom is 0.152 e. The average molecular weight is 288 g/mol. The average Bonchev–Trinajstić information content (AvgIpc) is 2.62. The first-order valence-electron chi connectivity index (χ1n) is 7.57. The molecule has 3 unspecified atom stereocenters. The molecule has 4 nitrogen and oxygen atoms in total. The largest absolute Gasteiger partial charge is 0.314 e. The molecular formula is C14H28N2O2S. The van der Waals surface area contributed by atoms with Gasteiger partial charge in [0.05, 0.1) is 11.5 Å². The third-order valence-electron chi connectivity index (χ3n) is 4.74. The minimum absolute atomic E-state index is 0.131. The van der Waals surface area contributed by atoms with Gasteiger partial charge in [-0.1, -0.05) is 6.92 Å². The predicted molar refractivity (Wildman–Crippen MR) is 79.2 cm³/mol. The lowest BCUT2D eigenvalue weighted by Crippen LogP contribution is -2.57. The summed E-state index contributed by atoms with van der Waals surface area (Å²) in [6, 6.07) is 1.08. The van der Waals surface area contributed by atoms with E-state index < -0.39 is 9.84 Å². The van der Waals surface area contributed by atoms with E-state index in [1.54, 1.807) is 0 Å². The third-order valence-corrected chi connectivity index (χ3v) is 6.62. The highest BCUT2D eigenvalue weighted by Crippen LogP contribution is 2.34. The van der Waals surface area contributed by atoms with Crippen LogP contribution in [0.3, 0.4) is 0 Å². The van der Waals surface area contributed by atoms with E-state index in [1.165, 1.54) is 6.42 Å². The Hall–Kier alpha value is -0.130. The summed E-state index contributed by atoms with van der Waals surface area (Å²) in [5, 5.41) is 3.60. The van der Waals surface area contributed by atoms with Crippen molar-refractivity contribution >= 4 is 9.84 Å². The van der Waals surface area contributed by atoms with Gasteiger partial charge < -0.3 is 5.32 Å². The highest BCUT2D eigenvalue weighted by molar-refractivity contribution is 7.91. The highest BCUT2D eigenvalue weighted by atomic mass is 32.2. The zero-order chi connectivity index (χ0) is 14.1. The van der Waals surface area contributed by atoms with Gasteiger partial charge in [-0.05, 0) is 46.1 Å². The summed E-state index contributed by atoms with van der Waals surface area (Å²) in [7, 11) is -2.81. The lowest BCUT2D eigenvalue weighted by molar-refractivity contribution is 0.0410. The number of hydrogen-bond acceptors (Lipinski definition) is 4. The Kier molecular flexibility index (Phi) is 4.58. The molecule has 2 heterocycles. The second-order valence-electron chi connectivity index (χ2n) is 6.56. The zero-order valence-corrected chi connectivity index (χ0v) is 13.3. The summed E-state index contributed by atoms with van der Waals surface area (Å²) in [5.41, 5.74) is -0.131. The van der Waals surface area contributed by atoms with Crippen LogP contribution in [0, 0.1) is 0 Å². The SMILES string of the molecule is CCCNC1CCN(C2(C)CCS(=O)(=O)C2)C(C)C1. The molecule has 2 rings (SSSR count). The fourth-order valence-corrected chi connectivity index (χ4v) is 5.88. The molecule has 0 amide bonds. The normalized spacial score (nSPS) is 39.5. The zero-order valence-electron chi connectivity index (χ0n) is 12.5. The van der Waals surface area contributed by atoms with Crippen molar-refractivity contribution in [2.45, 2.75) is 64.1 Å². The first-order chi connectivity index (χ1) is 8.86. The van der Waals surface area contributed by atoms with Gasteiger partial charge in [-0.3, -0.25) is 4.90 Å². The molecule has 5 heteroatoms. The van der Waals surface area contributed by atoms with E-state index in [0.29, 0.717) is 23.6 Å². The first kappa shape index (κ1) is 15.3. The number of likely N-dealkylation sites (tertiary alicyclic amines) is 1. The van der Waals surface area contributed by atoms with Gasteiger partial charge in [0, 0.05) is 24.2 Å². The summed E-state index contributed by atoms with van der Waals surface area (Å²) < 4.78 is 23.5. The van der Waals surface area contributed by atoms with Gasteiger partial charge in [-0.25, -0.2) is 8.42 Å². The van der Waals surface area contributed by atoms with Gasteiger partial charge in [0.25, 0.3) is 0 Å². The quantitative estimate of drug-likeness (QED) is 0.850. The Balaban J connectivity index is 1.96. The van der Waals surface area contributed by atoms with E-state index in [0.717, 1.165) is 32.4 Å². The molecular weight excluding hydrogens is 260 g/mol. The van der Waals surface area contributed by atoms with E-state index in [2.05, 4.69) is 31.0 Å². The molecule has 0 aromatic carbocycles. The monoisotopic (exact) mass is 288 g/mol. The molecule has 0 saturated carbocycles. The maximum absolute atomic E-state index is 11.8. The van der Waals surface area contributed by atoms with Crippen molar-refractivity contribution in [1.29, 1.82) is 0 Å². The van der Waals surface area contributed by atoms with Crippen LogP contribution in [0.4, 0.5) is 0 Å². The Morgan fingerprint density at radius 1 is 1.42 bits per heavy atom. The van der Waals surface area contributed by atoms with Crippen molar-refractivity contribution in [3.8, 4) is 0 Å². The maximum atomic E-state index is 11.8. The molecule has 0 aliphatic carbocycles. The summed E-state index contributed by atoms with van der Waals surface area (Å²) >= 11 is 0. The van der Waals surface area contributed by atoms with E-state index >= 15 is 0 Å². The molecule has 2 fully saturated rings. The van der Waals surface area contributed by atoms with Crippen molar-refractivity contribution in [3.05, 3.63) is 0 Å². The molecule has 2 saturated heterocycles. The molecule has 1 N–H and O–H groups in total. The second kappa shape index (κ2) is 5.70. The van der Waals surface area contributed by atoms with Crippen LogP contribution in [0.5, 0.6) is 0 Å². The van der Waals surface area contributed by atoms with Crippen molar-refractivity contribution in [1.82, 2.24) is 10.2 Å². The topological polar surface area (TPSA) is 49.4 Å². The van der Waals surface area contributed by atoms with E-state index in [1.807, 2.05) is 0 Å². The van der Waals surface area contributed by atoms with Crippen LogP contribution in [0.25, 0.3) is 0 Å². The Bertz CT molecular complexity index is 410. The van der Waals surface area contributed by atoms with Crippen LogP contribution in [-0.2, 0) is 9.84 Å². The van der Waals surface area contributed by atoms with E-state index in [9.17, 15) is 8.42 Å². The Morgan fingerprint density at radius 2 is 2.16 bits per heavy atom. The van der Waals surface area contributed by atoms with E-state index in [4.69, 9.17) is 0 Å². The Morgan fingerprint density at radius 3 is 2.68 bits per heavy atom. The fourth-order valence-electron chi connectivity index (χ4n) is 3.73. The molecule has 0 bridgehead atoms.